The van der Waals surface area contributed by atoms with Crippen LogP contribution < -0.4 is 5.32 Å². The van der Waals surface area contributed by atoms with Gasteiger partial charge in [0.1, 0.15) is 11.9 Å². The number of rotatable bonds is 8. The van der Waals surface area contributed by atoms with Gasteiger partial charge < -0.3 is 15.0 Å². The molecule has 1 fully saturated rings. The summed E-state index contributed by atoms with van der Waals surface area (Å²) in [7, 11) is 0. The number of aromatic nitrogens is 2. The highest BCUT2D eigenvalue weighted by Crippen LogP contribution is 2.21. The Kier molecular flexibility index (Phi) is 4.57. The van der Waals surface area contributed by atoms with E-state index in [-0.39, 0.29) is 6.10 Å². The molecule has 4 nitrogen and oxygen atoms in total. The second kappa shape index (κ2) is 6.17. The van der Waals surface area contributed by atoms with Crippen LogP contribution in [0.15, 0.2) is 6.20 Å². The molecule has 4 heteroatoms. The van der Waals surface area contributed by atoms with Gasteiger partial charge in [-0.25, -0.2) is 4.98 Å². The van der Waals surface area contributed by atoms with Crippen molar-refractivity contribution in [3.63, 3.8) is 0 Å². The van der Waals surface area contributed by atoms with Crippen molar-refractivity contribution < 1.29 is 4.74 Å². The molecular formula is C13H23N3O. The lowest BCUT2D eigenvalue weighted by molar-refractivity contribution is 0.0499. The molecule has 0 saturated heterocycles. The topological polar surface area (TPSA) is 49.9 Å². The molecule has 1 heterocycles. The summed E-state index contributed by atoms with van der Waals surface area (Å²) in [6.45, 7) is 5.83. The van der Waals surface area contributed by atoms with Crippen LogP contribution in [0.1, 0.15) is 57.2 Å². The molecule has 2 N–H and O–H groups in total. The Morgan fingerprint density at radius 1 is 1.53 bits per heavy atom. The van der Waals surface area contributed by atoms with Gasteiger partial charge in [0.2, 0.25) is 0 Å². The van der Waals surface area contributed by atoms with Gasteiger partial charge in [0.25, 0.3) is 0 Å². The van der Waals surface area contributed by atoms with Crippen molar-refractivity contribution in [2.75, 3.05) is 6.61 Å². The van der Waals surface area contributed by atoms with Crippen LogP contribution in [-0.4, -0.2) is 22.6 Å². The quantitative estimate of drug-likeness (QED) is 0.730. The number of ether oxygens (including phenoxy) is 1. The number of nitrogens with zero attached hydrogens (tertiary/aromatic N) is 1. The minimum absolute atomic E-state index is 0.125. The number of H-pyrrole nitrogens is 1. The average molecular weight is 237 g/mol. The molecule has 1 aromatic rings. The van der Waals surface area contributed by atoms with Crippen LogP contribution in [0.3, 0.4) is 0 Å². The lowest BCUT2D eigenvalue weighted by Gasteiger charge is -2.13. The van der Waals surface area contributed by atoms with Crippen molar-refractivity contribution in [2.45, 2.75) is 58.2 Å². The molecule has 1 aliphatic rings. The van der Waals surface area contributed by atoms with E-state index in [2.05, 4.69) is 22.2 Å². The second-order valence-electron chi connectivity index (χ2n) is 4.68. The summed E-state index contributed by atoms with van der Waals surface area (Å²) in [6.07, 6.45) is 6.82. The van der Waals surface area contributed by atoms with Crippen LogP contribution in [0.4, 0.5) is 0 Å². The van der Waals surface area contributed by atoms with Crippen molar-refractivity contribution in [1.82, 2.24) is 15.3 Å². The summed E-state index contributed by atoms with van der Waals surface area (Å²) >= 11 is 0. The smallest absolute Gasteiger partial charge is 0.135 e. The SMILES string of the molecule is CCCC(OCC)c1ncc(CNC2CC2)[nH]1. The van der Waals surface area contributed by atoms with Gasteiger partial charge in [0, 0.05) is 31.1 Å². The highest BCUT2D eigenvalue weighted by atomic mass is 16.5. The van der Waals surface area contributed by atoms with Gasteiger partial charge in [-0.3, -0.25) is 0 Å². The maximum absolute atomic E-state index is 5.71. The van der Waals surface area contributed by atoms with Gasteiger partial charge in [0.05, 0.1) is 0 Å². The first-order valence-corrected chi connectivity index (χ1v) is 6.72. The Labute approximate surface area is 103 Å². The molecular weight excluding hydrogens is 214 g/mol. The monoisotopic (exact) mass is 237 g/mol. The zero-order valence-electron chi connectivity index (χ0n) is 10.8. The Morgan fingerprint density at radius 3 is 3.00 bits per heavy atom. The molecule has 0 spiro atoms. The fraction of sp³-hybridized carbons (Fsp3) is 0.769. The number of hydrogen-bond acceptors (Lipinski definition) is 3. The fourth-order valence-electron chi connectivity index (χ4n) is 1.93. The maximum Gasteiger partial charge on any atom is 0.135 e. The highest BCUT2D eigenvalue weighted by Gasteiger charge is 2.20. The largest absolute Gasteiger partial charge is 0.371 e. The zero-order valence-corrected chi connectivity index (χ0v) is 10.8. The first kappa shape index (κ1) is 12.6. The summed E-state index contributed by atoms with van der Waals surface area (Å²) in [4.78, 5) is 7.80. The maximum atomic E-state index is 5.71. The van der Waals surface area contributed by atoms with Crippen molar-refractivity contribution in [2.24, 2.45) is 0 Å². The van der Waals surface area contributed by atoms with Crippen LogP contribution in [-0.2, 0) is 11.3 Å². The van der Waals surface area contributed by atoms with E-state index in [4.69, 9.17) is 4.74 Å². The molecule has 1 aliphatic carbocycles. The Balaban J connectivity index is 1.88. The highest BCUT2D eigenvalue weighted by molar-refractivity contribution is 5.04. The first-order valence-electron chi connectivity index (χ1n) is 6.72. The van der Waals surface area contributed by atoms with Crippen molar-refractivity contribution in [3.05, 3.63) is 17.7 Å². The van der Waals surface area contributed by atoms with Gasteiger partial charge in [-0.05, 0) is 26.2 Å². The summed E-state index contributed by atoms with van der Waals surface area (Å²) in [5, 5.41) is 3.48. The van der Waals surface area contributed by atoms with Crippen molar-refractivity contribution in [3.8, 4) is 0 Å². The molecule has 1 saturated carbocycles. The third-order valence-corrected chi connectivity index (χ3v) is 3.03. The van der Waals surface area contributed by atoms with Gasteiger partial charge in [-0.2, -0.15) is 0 Å². The Morgan fingerprint density at radius 2 is 2.35 bits per heavy atom. The van der Waals surface area contributed by atoms with Gasteiger partial charge in [-0.1, -0.05) is 13.3 Å². The molecule has 0 amide bonds. The molecule has 2 rings (SSSR count). The molecule has 0 aromatic carbocycles. The third kappa shape index (κ3) is 3.82. The average Bonchev–Trinajstić information content (AvgIpc) is 3.04. The molecule has 1 unspecified atom stereocenters. The Bertz CT molecular complexity index is 327. The van der Waals surface area contributed by atoms with Crippen LogP contribution >= 0.6 is 0 Å². The predicted octanol–water partition coefficient (Wildman–Crippen LogP) is 2.54. The molecule has 0 aliphatic heterocycles. The standard InChI is InChI=1S/C13H23N3O/c1-3-5-12(17-4-2)13-15-9-11(16-13)8-14-10-6-7-10/h9-10,12,14H,3-8H2,1-2H3,(H,15,16). The fourth-order valence-corrected chi connectivity index (χ4v) is 1.93. The molecule has 1 aromatic heterocycles. The summed E-state index contributed by atoms with van der Waals surface area (Å²) < 4.78 is 5.71. The number of hydrogen-bond donors (Lipinski definition) is 2. The molecule has 1 atom stereocenters. The van der Waals surface area contributed by atoms with E-state index in [9.17, 15) is 0 Å². The van der Waals surface area contributed by atoms with Crippen molar-refractivity contribution >= 4 is 0 Å². The normalized spacial score (nSPS) is 17.3. The van der Waals surface area contributed by atoms with E-state index < -0.39 is 0 Å². The lowest BCUT2D eigenvalue weighted by Crippen LogP contribution is -2.15. The van der Waals surface area contributed by atoms with Crippen LogP contribution in [0.2, 0.25) is 0 Å². The van der Waals surface area contributed by atoms with Gasteiger partial charge >= 0.3 is 0 Å². The summed E-state index contributed by atoms with van der Waals surface area (Å²) in [5.41, 5.74) is 1.16. The minimum atomic E-state index is 0.125. The van der Waals surface area contributed by atoms with Crippen LogP contribution in [0, 0.1) is 0 Å². The van der Waals surface area contributed by atoms with Crippen LogP contribution in [0.5, 0.6) is 0 Å². The Hall–Kier alpha value is -0.870. The van der Waals surface area contributed by atoms with Gasteiger partial charge in [0.15, 0.2) is 0 Å². The minimum Gasteiger partial charge on any atom is -0.371 e. The van der Waals surface area contributed by atoms with E-state index in [1.165, 1.54) is 12.8 Å². The summed E-state index contributed by atoms with van der Waals surface area (Å²) in [6, 6.07) is 0.736. The number of imidazole rings is 1. The van der Waals surface area contributed by atoms with E-state index in [1.807, 2.05) is 13.1 Å². The molecule has 0 radical (unpaired) electrons. The van der Waals surface area contributed by atoms with Crippen LogP contribution in [0.25, 0.3) is 0 Å². The summed E-state index contributed by atoms with van der Waals surface area (Å²) in [5.74, 6) is 0.973. The van der Waals surface area contributed by atoms with Gasteiger partial charge in [-0.15, -0.1) is 0 Å². The zero-order chi connectivity index (χ0) is 12.1. The first-order chi connectivity index (χ1) is 8.33. The van der Waals surface area contributed by atoms with E-state index in [0.717, 1.165) is 43.6 Å². The van der Waals surface area contributed by atoms with E-state index >= 15 is 0 Å². The number of nitrogens with one attached hydrogen (secondary N) is 2. The second-order valence-corrected chi connectivity index (χ2v) is 4.68. The number of aromatic amines is 1. The van der Waals surface area contributed by atoms with Crippen molar-refractivity contribution in [1.29, 1.82) is 0 Å². The molecule has 0 bridgehead atoms. The lowest BCUT2D eigenvalue weighted by atomic mass is 10.2. The molecule has 17 heavy (non-hydrogen) atoms. The van der Waals surface area contributed by atoms with E-state index in [1.54, 1.807) is 0 Å². The van der Waals surface area contributed by atoms with E-state index in [0.29, 0.717) is 0 Å². The molecule has 96 valence electrons. The predicted molar refractivity (Wildman–Crippen MR) is 67.7 cm³/mol. The third-order valence-electron chi connectivity index (χ3n) is 3.03.